The first kappa shape index (κ1) is 32.1. The van der Waals surface area contributed by atoms with Crippen molar-refractivity contribution in [1.82, 2.24) is 9.97 Å². The van der Waals surface area contributed by atoms with Gasteiger partial charge in [-0.3, -0.25) is 0 Å². The molecule has 1 spiro atoms. The number of benzene rings is 8. The van der Waals surface area contributed by atoms with Crippen LogP contribution in [0.1, 0.15) is 22.3 Å². The minimum atomic E-state index is -0.581. The van der Waals surface area contributed by atoms with E-state index in [0.29, 0.717) is 5.82 Å². The second-order valence-corrected chi connectivity index (χ2v) is 16.0. The molecule has 2 aliphatic rings. The number of thiophene rings is 1. The monoisotopic (exact) mass is 744 g/mol. The molecule has 1 aliphatic heterocycles. The molecule has 0 radical (unpaired) electrons. The molecule has 0 amide bonds. The summed E-state index contributed by atoms with van der Waals surface area (Å²) >= 11 is 1.87. The van der Waals surface area contributed by atoms with Gasteiger partial charge in [-0.2, -0.15) is 0 Å². The molecule has 1 aliphatic carbocycles. The number of hydrogen-bond acceptors (Lipinski definition) is 4. The predicted octanol–water partition coefficient (Wildman–Crippen LogP) is 14.0. The molecule has 0 fully saturated rings. The molecular formula is C53H32N2OS. The number of ether oxygens (including phenoxy) is 1. The number of aromatic nitrogens is 2. The Morgan fingerprint density at radius 1 is 0.368 bits per heavy atom. The standard InChI is InChI=1S/C53H32N2OS/c1-3-14-33(15-4-1)46-32-47(55-52(54-46)34-16-5-2-6-17-34)37-19-13-18-35(28-37)36-26-27-49-45(29-36)53(43-23-10-11-24-48(43)56-49)42-22-9-7-20-38(42)40-31-51-41(30-44(40)53)39-21-8-12-25-50(39)57-51/h1-32H. The van der Waals surface area contributed by atoms with Crippen LogP contribution < -0.4 is 4.74 Å². The highest BCUT2D eigenvalue weighted by Crippen LogP contribution is 2.63. The maximum absolute atomic E-state index is 6.82. The highest BCUT2D eigenvalue weighted by Gasteiger charge is 2.51. The largest absolute Gasteiger partial charge is 0.457 e. The predicted molar refractivity (Wildman–Crippen MR) is 234 cm³/mol. The summed E-state index contributed by atoms with van der Waals surface area (Å²) in [6.07, 6.45) is 0. The normalized spacial score (nSPS) is 14.9. The van der Waals surface area contributed by atoms with Gasteiger partial charge in [0.2, 0.25) is 0 Å². The van der Waals surface area contributed by atoms with Gasteiger partial charge in [0, 0.05) is 48.0 Å². The smallest absolute Gasteiger partial charge is 0.160 e. The van der Waals surface area contributed by atoms with Crippen LogP contribution in [0.15, 0.2) is 194 Å². The van der Waals surface area contributed by atoms with E-state index in [0.717, 1.165) is 61.8 Å². The average Bonchev–Trinajstić information content (AvgIpc) is 3.79. The Kier molecular flexibility index (Phi) is 7.01. The van der Waals surface area contributed by atoms with Gasteiger partial charge in [0.05, 0.1) is 16.8 Å². The Bertz CT molecular complexity index is 3170. The third-order valence-electron chi connectivity index (χ3n) is 11.8. The molecule has 10 aromatic rings. The molecule has 12 rings (SSSR count). The number of para-hydroxylation sites is 1. The first-order valence-electron chi connectivity index (χ1n) is 19.3. The van der Waals surface area contributed by atoms with Crippen LogP contribution in [0.25, 0.3) is 76.3 Å². The van der Waals surface area contributed by atoms with Crippen molar-refractivity contribution in [3.63, 3.8) is 0 Å². The summed E-state index contributed by atoms with van der Waals surface area (Å²) in [5.41, 5.74) is 13.9. The molecule has 3 nitrogen and oxygen atoms in total. The average molecular weight is 745 g/mol. The quantitative estimate of drug-likeness (QED) is 0.180. The third-order valence-corrected chi connectivity index (χ3v) is 12.9. The van der Waals surface area contributed by atoms with E-state index in [-0.39, 0.29) is 0 Å². The molecule has 266 valence electrons. The van der Waals surface area contributed by atoms with E-state index in [4.69, 9.17) is 14.7 Å². The van der Waals surface area contributed by atoms with E-state index in [2.05, 4.69) is 170 Å². The summed E-state index contributed by atoms with van der Waals surface area (Å²) in [6, 6.07) is 69.4. The Morgan fingerprint density at radius 3 is 1.88 bits per heavy atom. The third kappa shape index (κ3) is 4.84. The topological polar surface area (TPSA) is 35.0 Å². The molecule has 0 saturated carbocycles. The highest BCUT2D eigenvalue weighted by molar-refractivity contribution is 7.25. The van der Waals surface area contributed by atoms with E-state index in [9.17, 15) is 0 Å². The van der Waals surface area contributed by atoms with E-state index < -0.39 is 5.41 Å². The lowest BCUT2D eigenvalue weighted by Crippen LogP contribution is -2.32. The zero-order chi connectivity index (χ0) is 37.5. The van der Waals surface area contributed by atoms with E-state index in [1.54, 1.807) is 0 Å². The maximum Gasteiger partial charge on any atom is 0.160 e. The van der Waals surface area contributed by atoms with Crippen LogP contribution >= 0.6 is 11.3 Å². The molecular weight excluding hydrogens is 713 g/mol. The summed E-state index contributed by atoms with van der Waals surface area (Å²) in [4.78, 5) is 10.2. The summed E-state index contributed by atoms with van der Waals surface area (Å²) in [6.45, 7) is 0. The molecule has 2 aromatic heterocycles. The lowest BCUT2D eigenvalue weighted by atomic mass is 9.65. The summed E-state index contributed by atoms with van der Waals surface area (Å²) < 4.78 is 9.43. The van der Waals surface area contributed by atoms with Gasteiger partial charge in [0.1, 0.15) is 11.5 Å². The summed E-state index contributed by atoms with van der Waals surface area (Å²) in [5, 5.41) is 2.60. The molecule has 57 heavy (non-hydrogen) atoms. The number of rotatable bonds is 4. The van der Waals surface area contributed by atoms with Crippen molar-refractivity contribution in [3.05, 3.63) is 216 Å². The van der Waals surface area contributed by atoms with Crippen LogP contribution in [-0.4, -0.2) is 9.97 Å². The summed E-state index contributed by atoms with van der Waals surface area (Å²) in [7, 11) is 0. The Hall–Kier alpha value is -7.14. The number of nitrogens with zero attached hydrogens (tertiary/aromatic N) is 2. The van der Waals surface area contributed by atoms with Crippen molar-refractivity contribution in [2.75, 3.05) is 0 Å². The van der Waals surface area contributed by atoms with Crippen LogP contribution in [0.4, 0.5) is 0 Å². The highest BCUT2D eigenvalue weighted by atomic mass is 32.1. The van der Waals surface area contributed by atoms with Crippen LogP contribution in [-0.2, 0) is 5.41 Å². The fourth-order valence-electron chi connectivity index (χ4n) is 9.22. The molecule has 4 heteroatoms. The van der Waals surface area contributed by atoms with Crippen molar-refractivity contribution in [1.29, 1.82) is 0 Å². The van der Waals surface area contributed by atoms with Gasteiger partial charge in [0.15, 0.2) is 5.82 Å². The SMILES string of the molecule is c1ccc(-c2cc(-c3cccc(-c4ccc5c(c4)C4(c6ccccc6O5)c5ccccc5-c5cc6sc7ccccc7c6cc54)c3)nc(-c3ccccc3)n2)cc1. The maximum atomic E-state index is 6.82. The van der Waals surface area contributed by atoms with Crippen molar-refractivity contribution < 1.29 is 4.74 Å². The lowest BCUT2D eigenvalue weighted by molar-refractivity contribution is 0.436. The van der Waals surface area contributed by atoms with Crippen LogP contribution in [0, 0.1) is 0 Å². The number of hydrogen-bond donors (Lipinski definition) is 0. The van der Waals surface area contributed by atoms with Crippen molar-refractivity contribution in [2.45, 2.75) is 5.41 Å². The molecule has 0 bridgehead atoms. The number of fused-ring (bicyclic) bond motifs is 12. The fraction of sp³-hybridized carbons (Fsp3) is 0.0189. The van der Waals surface area contributed by atoms with Crippen molar-refractivity contribution in [3.8, 4) is 67.7 Å². The van der Waals surface area contributed by atoms with Crippen molar-refractivity contribution >= 4 is 31.5 Å². The van der Waals surface area contributed by atoms with E-state index in [1.807, 2.05) is 35.6 Å². The minimum Gasteiger partial charge on any atom is -0.457 e. The van der Waals surface area contributed by atoms with Crippen LogP contribution in [0.3, 0.4) is 0 Å². The Balaban J connectivity index is 1.07. The molecule has 0 saturated heterocycles. The first-order valence-corrected chi connectivity index (χ1v) is 20.1. The fourth-order valence-corrected chi connectivity index (χ4v) is 10.3. The van der Waals surface area contributed by atoms with Crippen molar-refractivity contribution in [2.24, 2.45) is 0 Å². The van der Waals surface area contributed by atoms with Gasteiger partial charge in [-0.15, -0.1) is 11.3 Å². The molecule has 3 heterocycles. The van der Waals surface area contributed by atoms with E-state index in [1.165, 1.54) is 42.4 Å². The summed E-state index contributed by atoms with van der Waals surface area (Å²) in [5.74, 6) is 2.47. The first-order chi connectivity index (χ1) is 28.2. The Labute approximate surface area is 334 Å². The van der Waals surface area contributed by atoms with Crippen LogP contribution in [0.5, 0.6) is 11.5 Å². The van der Waals surface area contributed by atoms with Gasteiger partial charge >= 0.3 is 0 Å². The van der Waals surface area contributed by atoms with E-state index >= 15 is 0 Å². The van der Waals surface area contributed by atoms with Crippen LogP contribution in [0.2, 0.25) is 0 Å². The van der Waals surface area contributed by atoms with Gasteiger partial charge in [-0.05, 0) is 81.9 Å². The zero-order valence-corrected chi connectivity index (χ0v) is 31.5. The minimum absolute atomic E-state index is 0.581. The lowest BCUT2D eigenvalue weighted by Gasteiger charge is -2.39. The second-order valence-electron chi connectivity index (χ2n) is 14.9. The van der Waals surface area contributed by atoms with Gasteiger partial charge in [-0.25, -0.2) is 9.97 Å². The molecule has 8 aromatic carbocycles. The molecule has 0 N–H and O–H groups in total. The zero-order valence-electron chi connectivity index (χ0n) is 30.7. The second kappa shape index (κ2) is 12.4. The van der Waals surface area contributed by atoms with Gasteiger partial charge < -0.3 is 4.74 Å². The molecule has 1 atom stereocenters. The van der Waals surface area contributed by atoms with Gasteiger partial charge in [0.25, 0.3) is 0 Å². The Morgan fingerprint density at radius 2 is 1.02 bits per heavy atom. The van der Waals surface area contributed by atoms with Gasteiger partial charge in [-0.1, -0.05) is 146 Å². The molecule has 1 unspecified atom stereocenters.